The zero-order valence-electron chi connectivity index (χ0n) is 15.3. The van der Waals surface area contributed by atoms with Gasteiger partial charge in [-0.05, 0) is 75.9 Å². The summed E-state index contributed by atoms with van der Waals surface area (Å²) in [7, 11) is 0. The SMILES string of the molecule is Cc1cc(C(=O)NCC2CCCN3CCCC[C@H]23)c2cc(F)ccc2n1. The number of aromatic nitrogens is 1. The Labute approximate surface area is 153 Å². The number of piperidine rings is 2. The first kappa shape index (κ1) is 17.4. The number of carbonyl (C=O) groups is 1. The summed E-state index contributed by atoms with van der Waals surface area (Å²) >= 11 is 0. The summed E-state index contributed by atoms with van der Waals surface area (Å²) in [6.07, 6.45) is 6.21. The summed E-state index contributed by atoms with van der Waals surface area (Å²) < 4.78 is 13.7. The van der Waals surface area contributed by atoms with Crippen molar-refractivity contribution in [1.82, 2.24) is 15.2 Å². The van der Waals surface area contributed by atoms with Crippen molar-refractivity contribution in [3.05, 3.63) is 41.3 Å². The number of amides is 1. The first-order valence-corrected chi connectivity index (χ1v) is 9.71. The maximum absolute atomic E-state index is 13.7. The Hall–Kier alpha value is -2.01. The third kappa shape index (κ3) is 3.45. The molecule has 1 amide bonds. The standard InChI is InChI=1S/C21H26FN3O/c1-14-11-18(17-12-16(22)7-8-19(17)24-14)21(26)23-13-15-5-4-10-25-9-3-2-6-20(15)25/h7-8,11-12,15,20H,2-6,9-10,13H2,1H3,(H,23,26)/t15?,20-/m1/s1. The molecule has 2 atom stereocenters. The Balaban J connectivity index is 1.51. The number of hydrogen-bond acceptors (Lipinski definition) is 3. The summed E-state index contributed by atoms with van der Waals surface area (Å²) in [4.78, 5) is 19.9. The summed E-state index contributed by atoms with van der Waals surface area (Å²) in [5, 5.41) is 3.70. The minimum absolute atomic E-state index is 0.126. The number of rotatable bonds is 3. The molecule has 1 unspecified atom stereocenters. The van der Waals surface area contributed by atoms with Gasteiger partial charge in [0.05, 0.1) is 11.1 Å². The monoisotopic (exact) mass is 355 g/mol. The minimum Gasteiger partial charge on any atom is -0.352 e. The third-order valence-corrected chi connectivity index (χ3v) is 5.90. The molecule has 1 aromatic carbocycles. The predicted molar refractivity (Wildman–Crippen MR) is 101 cm³/mol. The molecule has 0 saturated carbocycles. The summed E-state index contributed by atoms with van der Waals surface area (Å²) in [6.45, 7) is 4.95. The van der Waals surface area contributed by atoms with E-state index in [1.807, 2.05) is 6.92 Å². The van der Waals surface area contributed by atoms with Crippen LogP contribution in [-0.2, 0) is 0 Å². The molecular formula is C21H26FN3O. The largest absolute Gasteiger partial charge is 0.352 e. The van der Waals surface area contributed by atoms with Gasteiger partial charge in [0.2, 0.25) is 0 Å². The van der Waals surface area contributed by atoms with Crippen LogP contribution in [0.4, 0.5) is 4.39 Å². The number of aryl methyl sites for hydroxylation is 1. The maximum atomic E-state index is 13.7. The second-order valence-electron chi connectivity index (χ2n) is 7.68. The van der Waals surface area contributed by atoms with Crippen molar-refractivity contribution in [3.8, 4) is 0 Å². The molecule has 0 spiro atoms. The fourth-order valence-corrected chi connectivity index (χ4v) is 4.65. The highest BCUT2D eigenvalue weighted by atomic mass is 19.1. The molecule has 2 aromatic rings. The lowest BCUT2D eigenvalue weighted by molar-refractivity contribution is 0.0576. The highest BCUT2D eigenvalue weighted by molar-refractivity contribution is 6.06. The number of benzene rings is 1. The quantitative estimate of drug-likeness (QED) is 0.914. The molecule has 4 rings (SSSR count). The molecule has 2 aliphatic rings. The van der Waals surface area contributed by atoms with Gasteiger partial charge in [-0.1, -0.05) is 6.42 Å². The van der Waals surface area contributed by atoms with E-state index in [0.29, 0.717) is 35.0 Å². The van der Waals surface area contributed by atoms with Crippen LogP contribution in [0.15, 0.2) is 24.3 Å². The highest BCUT2D eigenvalue weighted by Crippen LogP contribution is 2.30. The average Bonchev–Trinajstić information content (AvgIpc) is 2.65. The second-order valence-corrected chi connectivity index (χ2v) is 7.68. The normalized spacial score (nSPS) is 23.6. The summed E-state index contributed by atoms with van der Waals surface area (Å²) in [5.41, 5.74) is 1.95. The van der Waals surface area contributed by atoms with E-state index < -0.39 is 0 Å². The number of nitrogens with one attached hydrogen (secondary N) is 1. The van der Waals surface area contributed by atoms with Crippen LogP contribution in [0.5, 0.6) is 0 Å². The Morgan fingerprint density at radius 2 is 2.08 bits per heavy atom. The number of pyridine rings is 1. The van der Waals surface area contributed by atoms with E-state index in [2.05, 4.69) is 15.2 Å². The van der Waals surface area contributed by atoms with Crippen molar-refractivity contribution in [2.45, 2.75) is 45.1 Å². The topological polar surface area (TPSA) is 45.2 Å². The first-order chi connectivity index (χ1) is 12.6. The molecule has 2 saturated heterocycles. The first-order valence-electron chi connectivity index (χ1n) is 9.71. The van der Waals surface area contributed by atoms with Crippen LogP contribution < -0.4 is 5.32 Å². The molecule has 3 heterocycles. The molecule has 2 aliphatic heterocycles. The van der Waals surface area contributed by atoms with Crippen molar-refractivity contribution in [3.63, 3.8) is 0 Å². The summed E-state index contributed by atoms with van der Waals surface area (Å²) in [6, 6.07) is 6.78. The van der Waals surface area contributed by atoms with E-state index in [4.69, 9.17) is 0 Å². The Morgan fingerprint density at radius 1 is 1.23 bits per heavy atom. The molecule has 2 fully saturated rings. The molecule has 138 valence electrons. The molecule has 26 heavy (non-hydrogen) atoms. The van der Waals surface area contributed by atoms with Crippen molar-refractivity contribution >= 4 is 16.8 Å². The second kappa shape index (κ2) is 7.31. The van der Waals surface area contributed by atoms with Crippen LogP contribution in [0, 0.1) is 18.7 Å². The van der Waals surface area contributed by atoms with Crippen LogP contribution >= 0.6 is 0 Å². The number of halogens is 1. The smallest absolute Gasteiger partial charge is 0.252 e. The average molecular weight is 355 g/mol. The van der Waals surface area contributed by atoms with Crippen molar-refractivity contribution in [2.75, 3.05) is 19.6 Å². The van der Waals surface area contributed by atoms with Crippen LogP contribution in [0.1, 0.15) is 48.2 Å². The van der Waals surface area contributed by atoms with Crippen LogP contribution in [-0.4, -0.2) is 41.5 Å². The fraction of sp³-hybridized carbons (Fsp3) is 0.524. The van der Waals surface area contributed by atoms with Gasteiger partial charge < -0.3 is 10.2 Å². The third-order valence-electron chi connectivity index (χ3n) is 5.90. The number of carbonyl (C=O) groups excluding carboxylic acids is 1. The number of fused-ring (bicyclic) bond motifs is 2. The lowest BCUT2D eigenvalue weighted by Gasteiger charge is -2.44. The van der Waals surface area contributed by atoms with Crippen molar-refractivity contribution in [1.29, 1.82) is 0 Å². The van der Waals surface area contributed by atoms with E-state index in [0.717, 1.165) is 5.69 Å². The van der Waals surface area contributed by atoms with Gasteiger partial charge in [0.25, 0.3) is 5.91 Å². The molecular weight excluding hydrogens is 329 g/mol. The lowest BCUT2D eigenvalue weighted by atomic mass is 9.83. The van der Waals surface area contributed by atoms with Crippen molar-refractivity contribution < 1.29 is 9.18 Å². The Kier molecular flexibility index (Phi) is 4.90. The van der Waals surface area contributed by atoms with Gasteiger partial charge in [0.1, 0.15) is 5.82 Å². The van der Waals surface area contributed by atoms with Gasteiger partial charge in [0, 0.05) is 23.7 Å². The zero-order valence-corrected chi connectivity index (χ0v) is 15.3. The maximum Gasteiger partial charge on any atom is 0.252 e. The minimum atomic E-state index is -0.345. The van der Waals surface area contributed by atoms with E-state index >= 15 is 0 Å². The lowest BCUT2D eigenvalue weighted by Crippen LogP contribution is -2.51. The molecule has 1 aromatic heterocycles. The molecule has 5 heteroatoms. The zero-order chi connectivity index (χ0) is 18.1. The molecule has 0 radical (unpaired) electrons. The van der Waals surface area contributed by atoms with E-state index in [1.54, 1.807) is 12.1 Å². The van der Waals surface area contributed by atoms with Crippen molar-refractivity contribution in [2.24, 2.45) is 5.92 Å². The van der Waals surface area contributed by atoms with Crippen LogP contribution in [0.25, 0.3) is 10.9 Å². The predicted octanol–water partition coefficient (Wildman–Crippen LogP) is 3.68. The molecule has 0 bridgehead atoms. The van der Waals surface area contributed by atoms with Gasteiger partial charge >= 0.3 is 0 Å². The molecule has 4 nitrogen and oxygen atoms in total. The van der Waals surface area contributed by atoms with Gasteiger partial charge in [-0.2, -0.15) is 0 Å². The number of nitrogens with zero attached hydrogens (tertiary/aromatic N) is 2. The number of hydrogen-bond donors (Lipinski definition) is 1. The van der Waals surface area contributed by atoms with Crippen LogP contribution in [0.2, 0.25) is 0 Å². The van der Waals surface area contributed by atoms with Gasteiger partial charge in [-0.3, -0.25) is 9.78 Å². The Morgan fingerprint density at radius 3 is 2.96 bits per heavy atom. The highest BCUT2D eigenvalue weighted by Gasteiger charge is 2.33. The molecule has 1 N–H and O–H groups in total. The van der Waals surface area contributed by atoms with Gasteiger partial charge in [0.15, 0.2) is 0 Å². The van der Waals surface area contributed by atoms with Crippen LogP contribution in [0.3, 0.4) is 0 Å². The fourth-order valence-electron chi connectivity index (χ4n) is 4.65. The van der Waals surface area contributed by atoms with Gasteiger partial charge in [-0.25, -0.2) is 4.39 Å². The van der Waals surface area contributed by atoms with E-state index in [1.165, 1.54) is 57.3 Å². The Bertz CT molecular complexity index is 820. The van der Waals surface area contributed by atoms with Gasteiger partial charge in [-0.15, -0.1) is 0 Å². The van der Waals surface area contributed by atoms with E-state index in [9.17, 15) is 9.18 Å². The molecule has 0 aliphatic carbocycles. The summed E-state index contributed by atoms with van der Waals surface area (Å²) in [5.74, 6) is 0.0419. The van der Waals surface area contributed by atoms with E-state index in [-0.39, 0.29) is 11.7 Å².